The van der Waals surface area contributed by atoms with Crippen LogP contribution < -0.4 is 0 Å². The number of carbonyl (C=O) groups excluding carboxylic acids is 1. The summed E-state index contributed by atoms with van der Waals surface area (Å²) in [5, 5.41) is 4.72. The van der Waals surface area contributed by atoms with E-state index in [0.29, 0.717) is 10.8 Å². The van der Waals surface area contributed by atoms with Crippen LogP contribution in [0.5, 0.6) is 0 Å². The number of aromatic nitrogens is 4. The molecule has 0 fully saturated rings. The summed E-state index contributed by atoms with van der Waals surface area (Å²) >= 11 is 11.7. The van der Waals surface area contributed by atoms with Gasteiger partial charge in [0.15, 0.2) is 5.78 Å². The molecule has 7 heteroatoms. The Kier molecular flexibility index (Phi) is 4.17. The second-order valence-corrected chi connectivity index (χ2v) is 5.14. The minimum Gasteiger partial charge on any atom is -0.292 e. The maximum atomic E-state index is 12.1. The second kappa shape index (κ2) is 5.67. The van der Waals surface area contributed by atoms with Crippen molar-refractivity contribution in [2.45, 2.75) is 26.3 Å². The smallest absolute Gasteiger partial charge is 0.190 e. The number of hydrogen-bond donors (Lipinski definition) is 0. The van der Waals surface area contributed by atoms with Crippen LogP contribution in [-0.4, -0.2) is 25.5 Å². The zero-order chi connectivity index (χ0) is 14.0. The molecule has 2 aromatic rings. The fourth-order valence-corrected chi connectivity index (χ4v) is 2.16. The lowest BCUT2D eigenvalue weighted by atomic mass is 10.2. The van der Waals surface area contributed by atoms with Crippen LogP contribution in [0.1, 0.15) is 36.2 Å². The van der Waals surface area contributed by atoms with Crippen molar-refractivity contribution in [3.05, 3.63) is 40.2 Å². The summed E-state index contributed by atoms with van der Waals surface area (Å²) in [5.74, 6) is 0.379. The van der Waals surface area contributed by atoms with Gasteiger partial charge in [-0.25, -0.2) is 14.6 Å². The molecule has 0 saturated carbocycles. The minimum atomic E-state index is -0.212. The van der Waals surface area contributed by atoms with Gasteiger partial charge in [0.1, 0.15) is 17.8 Å². The van der Waals surface area contributed by atoms with Gasteiger partial charge >= 0.3 is 0 Å². The number of pyridine rings is 1. The molecule has 0 N–H and O–H groups in total. The number of hydrogen-bond acceptors (Lipinski definition) is 4. The highest BCUT2D eigenvalue weighted by molar-refractivity contribution is 6.36. The quantitative estimate of drug-likeness (QED) is 0.814. The first-order valence-corrected chi connectivity index (χ1v) is 6.47. The van der Waals surface area contributed by atoms with Gasteiger partial charge in [0.25, 0.3) is 0 Å². The SMILES string of the molecule is CC(C)n1ncnc1CC(=O)c1ncc(Cl)cc1Cl. The molecular formula is C12H12Cl2N4O. The summed E-state index contributed by atoms with van der Waals surface area (Å²) in [6.07, 6.45) is 2.93. The largest absolute Gasteiger partial charge is 0.292 e. The van der Waals surface area contributed by atoms with E-state index in [4.69, 9.17) is 23.2 Å². The first kappa shape index (κ1) is 14.0. The molecule has 0 aliphatic carbocycles. The highest BCUT2D eigenvalue weighted by atomic mass is 35.5. The van der Waals surface area contributed by atoms with Gasteiger partial charge in [-0.05, 0) is 19.9 Å². The van der Waals surface area contributed by atoms with Crippen LogP contribution in [0.2, 0.25) is 10.0 Å². The van der Waals surface area contributed by atoms with Crippen molar-refractivity contribution in [1.82, 2.24) is 19.7 Å². The number of Topliss-reactive ketones (excluding diaryl/α,β-unsaturated/α-hetero) is 1. The van der Waals surface area contributed by atoms with E-state index in [9.17, 15) is 4.79 Å². The zero-order valence-electron chi connectivity index (χ0n) is 10.5. The molecule has 0 spiro atoms. The Hall–Kier alpha value is -1.46. The van der Waals surface area contributed by atoms with Crippen LogP contribution >= 0.6 is 23.2 Å². The molecule has 0 aliphatic heterocycles. The molecule has 0 saturated heterocycles. The zero-order valence-corrected chi connectivity index (χ0v) is 12.0. The fraction of sp³-hybridized carbons (Fsp3) is 0.333. The van der Waals surface area contributed by atoms with Gasteiger partial charge in [0.2, 0.25) is 0 Å². The highest BCUT2D eigenvalue weighted by Crippen LogP contribution is 2.20. The van der Waals surface area contributed by atoms with Crippen LogP contribution in [0.3, 0.4) is 0 Å². The Labute approximate surface area is 120 Å². The van der Waals surface area contributed by atoms with E-state index < -0.39 is 0 Å². The lowest BCUT2D eigenvalue weighted by Gasteiger charge is -2.09. The van der Waals surface area contributed by atoms with Crippen molar-refractivity contribution in [2.24, 2.45) is 0 Å². The molecule has 0 unspecified atom stereocenters. The van der Waals surface area contributed by atoms with Crippen molar-refractivity contribution in [1.29, 1.82) is 0 Å². The average molecular weight is 299 g/mol. The molecule has 0 aromatic carbocycles. The number of carbonyl (C=O) groups is 1. The van der Waals surface area contributed by atoms with Crippen LogP contribution in [0.25, 0.3) is 0 Å². The lowest BCUT2D eigenvalue weighted by Crippen LogP contribution is -2.14. The van der Waals surface area contributed by atoms with E-state index in [0.717, 1.165) is 0 Å². The van der Waals surface area contributed by atoms with Gasteiger partial charge < -0.3 is 0 Å². The summed E-state index contributed by atoms with van der Waals surface area (Å²) in [4.78, 5) is 20.2. The molecule has 0 bridgehead atoms. The highest BCUT2D eigenvalue weighted by Gasteiger charge is 2.17. The topological polar surface area (TPSA) is 60.7 Å². The molecule has 19 heavy (non-hydrogen) atoms. The van der Waals surface area contributed by atoms with Crippen LogP contribution in [-0.2, 0) is 6.42 Å². The Bertz CT molecular complexity index is 610. The summed E-state index contributed by atoms with van der Waals surface area (Å²) in [5.41, 5.74) is 0.198. The first-order chi connectivity index (χ1) is 8.99. The molecule has 2 rings (SSSR count). The van der Waals surface area contributed by atoms with E-state index in [2.05, 4.69) is 15.1 Å². The van der Waals surface area contributed by atoms with Gasteiger partial charge in [-0.3, -0.25) is 4.79 Å². The van der Waals surface area contributed by atoms with Gasteiger partial charge in [-0.1, -0.05) is 23.2 Å². The summed E-state index contributed by atoms with van der Waals surface area (Å²) in [6.45, 7) is 3.94. The van der Waals surface area contributed by atoms with Crippen LogP contribution in [0.4, 0.5) is 0 Å². The Morgan fingerprint density at radius 1 is 1.37 bits per heavy atom. The van der Waals surface area contributed by atoms with Gasteiger partial charge in [0.05, 0.1) is 16.5 Å². The Morgan fingerprint density at radius 3 is 2.74 bits per heavy atom. The Morgan fingerprint density at radius 2 is 2.11 bits per heavy atom. The summed E-state index contributed by atoms with van der Waals surface area (Å²) in [7, 11) is 0. The summed E-state index contributed by atoms with van der Waals surface area (Å²) < 4.78 is 1.70. The molecule has 100 valence electrons. The molecule has 0 aliphatic rings. The fourth-order valence-electron chi connectivity index (χ4n) is 1.68. The second-order valence-electron chi connectivity index (χ2n) is 4.30. The van der Waals surface area contributed by atoms with Crippen molar-refractivity contribution in [3.63, 3.8) is 0 Å². The predicted octanol–water partition coefficient (Wildman–Crippen LogP) is 2.99. The molecule has 2 aromatic heterocycles. The van der Waals surface area contributed by atoms with Crippen molar-refractivity contribution in [2.75, 3.05) is 0 Å². The molecule has 0 amide bonds. The molecule has 0 radical (unpaired) electrons. The normalized spacial score (nSPS) is 11.0. The lowest BCUT2D eigenvalue weighted by molar-refractivity contribution is 0.0984. The minimum absolute atomic E-state index is 0.104. The molecule has 5 nitrogen and oxygen atoms in total. The first-order valence-electron chi connectivity index (χ1n) is 5.71. The van der Waals surface area contributed by atoms with Gasteiger partial charge in [-0.15, -0.1) is 0 Å². The number of ketones is 1. The predicted molar refractivity (Wildman–Crippen MR) is 72.7 cm³/mol. The summed E-state index contributed by atoms with van der Waals surface area (Å²) in [6, 6.07) is 1.63. The van der Waals surface area contributed by atoms with Crippen LogP contribution in [0, 0.1) is 0 Å². The Balaban J connectivity index is 2.23. The molecule has 0 atom stereocenters. The van der Waals surface area contributed by atoms with Gasteiger partial charge in [0, 0.05) is 12.2 Å². The van der Waals surface area contributed by atoms with E-state index in [1.165, 1.54) is 18.6 Å². The van der Waals surface area contributed by atoms with E-state index in [-0.39, 0.29) is 29.0 Å². The number of halogens is 2. The van der Waals surface area contributed by atoms with E-state index >= 15 is 0 Å². The third kappa shape index (κ3) is 3.11. The van der Waals surface area contributed by atoms with Crippen molar-refractivity contribution < 1.29 is 4.79 Å². The number of rotatable bonds is 4. The maximum Gasteiger partial charge on any atom is 0.190 e. The molecule has 2 heterocycles. The third-order valence-corrected chi connectivity index (χ3v) is 3.02. The average Bonchev–Trinajstić information content (AvgIpc) is 2.76. The van der Waals surface area contributed by atoms with Crippen molar-refractivity contribution >= 4 is 29.0 Å². The maximum absolute atomic E-state index is 12.1. The van der Waals surface area contributed by atoms with Gasteiger partial charge in [-0.2, -0.15) is 5.10 Å². The monoisotopic (exact) mass is 298 g/mol. The van der Waals surface area contributed by atoms with E-state index in [1.54, 1.807) is 4.68 Å². The third-order valence-electron chi connectivity index (χ3n) is 2.53. The van der Waals surface area contributed by atoms with E-state index in [1.807, 2.05) is 13.8 Å². The standard InChI is InChI=1S/C12H12Cl2N4O/c1-7(2)18-11(16-6-17-18)4-10(19)12-9(14)3-8(13)5-15-12/h3,5-7H,4H2,1-2H3. The van der Waals surface area contributed by atoms with Crippen molar-refractivity contribution in [3.8, 4) is 0 Å². The van der Waals surface area contributed by atoms with Crippen LogP contribution in [0.15, 0.2) is 18.6 Å². The molecular weight excluding hydrogens is 287 g/mol. The number of nitrogens with zero attached hydrogens (tertiary/aromatic N) is 4.